The highest BCUT2D eigenvalue weighted by atomic mass is 31.2. The van der Waals surface area contributed by atoms with Crippen LogP contribution in [0, 0.1) is 0 Å². The molecule has 0 saturated carbocycles. The molecular weight excluding hydrogens is 713 g/mol. The molecule has 0 radical (unpaired) electrons. The van der Waals surface area contributed by atoms with Crippen LogP contribution in [0.3, 0.4) is 0 Å². The van der Waals surface area contributed by atoms with Crippen LogP contribution in [0.25, 0.3) is 0 Å². The van der Waals surface area contributed by atoms with Crippen LogP contribution in [-0.2, 0) is 32.7 Å². The fraction of sp³-hybridized carbons (Fsp3) is 0.600. The predicted molar refractivity (Wildman–Crippen MR) is 228 cm³/mol. The normalized spacial score (nSPS) is 14.3. The number of ether oxygens (including phenoxy) is 2. The highest BCUT2D eigenvalue weighted by molar-refractivity contribution is 7.47. The first-order chi connectivity index (χ1) is 26.8. The molecule has 9 nitrogen and oxygen atoms in total. The Hall–Kier alpha value is -3.07. The second-order valence-electron chi connectivity index (χ2n) is 13.1. The highest BCUT2D eigenvalue weighted by Crippen LogP contribution is 2.43. The first kappa shape index (κ1) is 51.9. The monoisotopic (exact) mass is 788 g/mol. The summed E-state index contributed by atoms with van der Waals surface area (Å²) in [6.45, 7) is 3.41. The summed E-state index contributed by atoms with van der Waals surface area (Å²) < 4.78 is 32.7. The second kappa shape index (κ2) is 40.6. The van der Waals surface area contributed by atoms with Crippen molar-refractivity contribution in [1.29, 1.82) is 0 Å². The van der Waals surface area contributed by atoms with Crippen molar-refractivity contribution in [1.82, 2.24) is 0 Å². The number of rotatable bonds is 37. The summed E-state index contributed by atoms with van der Waals surface area (Å²) in [5, 5.41) is 0. The Labute approximate surface area is 334 Å². The molecule has 0 aliphatic heterocycles. The Bertz CT molecular complexity index is 1220. The van der Waals surface area contributed by atoms with Gasteiger partial charge in [-0.25, -0.2) is 4.57 Å². The van der Waals surface area contributed by atoms with Crippen molar-refractivity contribution in [3.63, 3.8) is 0 Å². The van der Waals surface area contributed by atoms with Crippen LogP contribution in [0.1, 0.15) is 142 Å². The smallest absolute Gasteiger partial charge is 0.462 e. The Morgan fingerprint density at radius 2 is 0.945 bits per heavy atom. The molecule has 2 atom stereocenters. The van der Waals surface area contributed by atoms with Crippen molar-refractivity contribution in [2.24, 2.45) is 5.73 Å². The van der Waals surface area contributed by atoms with Gasteiger partial charge in [-0.05, 0) is 89.9 Å². The Kier molecular flexibility index (Phi) is 38.3. The summed E-state index contributed by atoms with van der Waals surface area (Å²) in [5.41, 5.74) is 5.34. The molecule has 0 amide bonds. The molecule has 0 aromatic heterocycles. The molecule has 0 fully saturated rings. The maximum atomic E-state index is 12.6. The first-order valence-electron chi connectivity index (χ1n) is 20.7. The van der Waals surface area contributed by atoms with E-state index in [2.05, 4.69) is 111 Å². The summed E-state index contributed by atoms with van der Waals surface area (Å²) in [6, 6.07) is 0. The number of phosphoric acid groups is 1. The molecule has 0 saturated heterocycles. The van der Waals surface area contributed by atoms with Gasteiger partial charge in [-0.15, -0.1) is 0 Å². The molecule has 3 N–H and O–H groups in total. The number of allylic oxidation sites excluding steroid dienone is 16. The van der Waals surface area contributed by atoms with Crippen molar-refractivity contribution in [3.05, 3.63) is 97.2 Å². The van der Waals surface area contributed by atoms with E-state index in [0.29, 0.717) is 12.8 Å². The third kappa shape index (κ3) is 40.4. The molecule has 0 aliphatic rings. The minimum atomic E-state index is -4.40. The molecule has 10 heteroatoms. The zero-order valence-electron chi connectivity index (χ0n) is 34.1. The fourth-order valence-corrected chi connectivity index (χ4v) is 5.73. The maximum absolute atomic E-state index is 12.6. The number of nitrogens with two attached hydrogens (primary N) is 1. The van der Waals surface area contributed by atoms with Gasteiger partial charge in [-0.3, -0.25) is 18.6 Å². The lowest BCUT2D eigenvalue weighted by Gasteiger charge is -2.19. The van der Waals surface area contributed by atoms with Crippen LogP contribution < -0.4 is 5.73 Å². The highest BCUT2D eigenvalue weighted by Gasteiger charge is 2.25. The zero-order valence-corrected chi connectivity index (χ0v) is 35.0. The van der Waals surface area contributed by atoms with Crippen molar-refractivity contribution < 1.29 is 37.6 Å². The lowest BCUT2D eigenvalue weighted by atomic mass is 10.1. The summed E-state index contributed by atoms with van der Waals surface area (Å²) in [7, 11) is -4.40. The van der Waals surface area contributed by atoms with Gasteiger partial charge in [0, 0.05) is 19.4 Å². The largest absolute Gasteiger partial charge is 0.472 e. The molecule has 1 unspecified atom stereocenters. The zero-order chi connectivity index (χ0) is 40.3. The number of esters is 2. The number of hydrogen-bond acceptors (Lipinski definition) is 8. The third-order valence-electron chi connectivity index (χ3n) is 7.97. The second-order valence-corrected chi connectivity index (χ2v) is 14.5. The van der Waals surface area contributed by atoms with Gasteiger partial charge < -0.3 is 20.1 Å². The van der Waals surface area contributed by atoms with E-state index in [4.69, 9.17) is 24.3 Å². The van der Waals surface area contributed by atoms with Gasteiger partial charge >= 0.3 is 19.8 Å². The van der Waals surface area contributed by atoms with Crippen LogP contribution in [0.4, 0.5) is 0 Å². The van der Waals surface area contributed by atoms with Gasteiger partial charge in [0.05, 0.1) is 13.2 Å². The minimum Gasteiger partial charge on any atom is -0.462 e. The van der Waals surface area contributed by atoms with Crippen molar-refractivity contribution in [3.8, 4) is 0 Å². The minimum absolute atomic E-state index is 0.0392. The molecule has 0 rings (SSSR count). The topological polar surface area (TPSA) is 134 Å². The van der Waals surface area contributed by atoms with Gasteiger partial charge in [0.2, 0.25) is 0 Å². The van der Waals surface area contributed by atoms with E-state index >= 15 is 0 Å². The van der Waals surface area contributed by atoms with Gasteiger partial charge in [-0.2, -0.15) is 0 Å². The van der Waals surface area contributed by atoms with E-state index in [-0.39, 0.29) is 32.6 Å². The van der Waals surface area contributed by atoms with Crippen LogP contribution >= 0.6 is 7.82 Å². The Morgan fingerprint density at radius 3 is 1.42 bits per heavy atom. The molecule has 0 aliphatic carbocycles. The SMILES string of the molecule is CC/C=C\C/C=C\C/C=C\C/C=C\C/C=C\CCCCCC(=O)O[C@H](COC(=O)CCCCCCC/C=C\C/C=C\C/C=C\CC)COP(=O)(O)OCCN. The van der Waals surface area contributed by atoms with Crippen LogP contribution in [0.5, 0.6) is 0 Å². The third-order valence-corrected chi connectivity index (χ3v) is 8.95. The summed E-state index contributed by atoms with van der Waals surface area (Å²) in [4.78, 5) is 34.8. The Balaban J connectivity index is 4.30. The summed E-state index contributed by atoms with van der Waals surface area (Å²) in [6.07, 6.45) is 51.5. The van der Waals surface area contributed by atoms with E-state index in [0.717, 1.165) is 103 Å². The number of hydrogen-bond donors (Lipinski definition) is 2. The van der Waals surface area contributed by atoms with E-state index < -0.39 is 32.5 Å². The molecule has 0 spiro atoms. The molecule has 0 bridgehead atoms. The van der Waals surface area contributed by atoms with Gasteiger partial charge in [-0.1, -0.05) is 137 Å². The van der Waals surface area contributed by atoms with E-state index in [9.17, 15) is 19.0 Å². The average molecular weight is 788 g/mol. The predicted octanol–water partition coefficient (Wildman–Crippen LogP) is 11.8. The van der Waals surface area contributed by atoms with Gasteiger partial charge in [0.25, 0.3) is 0 Å². The molecular formula is C45H74NO8P. The van der Waals surface area contributed by atoms with Crippen LogP contribution in [0.15, 0.2) is 97.2 Å². The van der Waals surface area contributed by atoms with Crippen LogP contribution in [0.2, 0.25) is 0 Å². The van der Waals surface area contributed by atoms with Gasteiger partial charge in [0.15, 0.2) is 6.10 Å². The number of unbranched alkanes of at least 4 members (excludes halogenated alkanes) is 8. The quantitative estimate of drug-likeness (QED) is 0.0273. The molecule has 0 heterocycles. The fourth-order valence-electron chi connectivity index (χ4n) is 4.97. The number of carbonyl (C=O) groups is 2. The molecule has 0 aromatic rings. The molecule has 0 aromatic carbocycles. The van der Waals surface area contributed by atoms with Crippen molar-refractivity contribution in [2.75, 3.05) is 26.4 Å². The first-order valence-corrected chi connectivity index (χ1v) is 22.2. The van der Waals surface area contributed by atoms with Gasteiger partial charge in [0.1, 0.15) is 6.61 Å². The average Bonchev–Trinajstić information content (AvgIpc) is 3.17. The van der Waals surface area contributed by atoms with Crippen molar-refractivity contribution in [2.45, 2.75) is 148 Å². The van der Waals surface area contributed by atoms with E-state index in [1.807, 2.05) is 0 Å². The van der Waals surface area contributed by atoms with Crippen LogP contribution in [-0.4, -0.2) is 49.3 Å². The number of phosphoric ester groups is 1. The molecule has 55 heavy (non-hydrogen) atoms. The van der Waals surface area contributed by atoms with E-state index in [1.54, 1.807) is 0 Å². The number of carbonyl (C=O) groups excluding carboxylic acids is 2. The summed E-state index contributed by atoms with van der Waals surface area (Å²) >= 11 is 0. The summed E-state index contributed by atoms with van der Waals surface area (Å²) in [5.74, 6) is -0.898. The lowest BCUT2D eigenvalue weighted by Crippen LogP contribution is -2.29. The Morgan fingerprint density at radius 1 is 0.545 bits per heavy atom. The standard InChI is InChI=1S/C45H74NO8P/c1-3-5-7-9-11-13-15-17-19-20-21-22-24-26-28-30-32-34-36-38-45(48)54-43(42-53-55(49,50)52-40-39-46)41-51-44(47)37-35-33-31-29-27-25-23-18-16-14-12-10-8-6-4-2/h5-8,11-14,17-19,21-23,26,28,43H,3-4,9-10,15-16,20,24-25,27,29-42,46H2,1-2H3,(H,49,50)/b7-5-,8-6-,13-11-,14-12-,19-17-,22-21-,23-18-,28-26-/t43-/m1/s1. The maximum Gasteiger partial charge on any atom is 0.472 e. The van der Waals surface area contributed by atoms with Crippen molar-refractivity contribution >= 4 is 19.8 Å². The molecule has 312 valence electrons. The lowest BCUT2D eigenvalue weighted by molar-refractivity contribution is -0.161. The van der Waals surface area contributed by atoms with E-state index in [1.165, 1.54) is 0 Å².